The molecule has 0 aliphatic carbocycles. The van der Waals surface area contributed by atoms with Gasteiger partial charge in [-0.05, 0) is 61.5 Å². The quantitative estimate of drug-likeness (QED) is 0.506. The minimum Gasteiger partial charge on any atom is -0.438 e. The van der Waals surface area contributed by atoms with Gasteiger partial charge in [0.25, 0.3) is 10.0 Å². The van der Waals surface area contributed by atoms with Crippen LogP contribution in [0.2, 0.25) is 0 Å². The molecular weight excluding hydrogens is 409 g/mol. The molecule has 2 aromatic carbocycles. The Labute approximate surface area is 172 Å². The summed E-state index contributed by atoms with van der Waals surface area (Å²) in [5, 5.41) is 8.15. The molecule has 0 aliphatic rings. The Morgan fingerprint density at radius 1 is 0.967 bits per heavy atom. The fraction of sp³-hybridized carbons (Fsp3) is 0.0500. The Kier molecular flexibility index (Phi) is 5.15. The lowest BCUT2D eigenvalue weighted by molar-refractivity contribution is 0.454. The summed E-state index contributed by atoms with van der Waals surface area (Å²) in [5.41, 5.74) is 0.337. The van der Waals surface area contributed by atoms with E-state index < -0.39 is 15.8 Å². The van der Waals surface area contributed by atoms with Crippen molar-refractivity contribution >= 4 is 15.7 Å². The lowest BCUT2D eigenvalue weighted by atomic mass is 10.3. The molecule has 2 heterocycles. The third kappa shape index (κ3) is 4.28. The number of imidazole rings is 1. The number of hydrogen-bond acceptors (Lipinski definition) is 6. The van der Waals surface area contributed by atoms with E-state index in [1.165, 1.54) is 12.1 Å². The van der Waals surface area contributed by atoms with Crippen LogP contribution in [-0.2, 0) is 10.0 Å². The van der Waals surface area contributed by atoms with Crippen molar-refractivity contribution in [2.75, 3.05) is 4.72 Å². The molecule has 0 fully saturated rings. The third-order valence-electron chi connectivity index (χ3n) is 4.15. The summed E-state index contributed by atoms with van der Waals surface area (Å²) in [6.07, 6.45) is 3.46. The number of aryl methyl sites for hydroxylation is 1. The van der Waals surface area contributed by atoms with Gasteiger partial charge in [-0.1, -0.05) is 0 Å². The monoisotopic (exact) mass is 425 g/mol. The van der Waals surface area contributed by atoms with Crippen LogP contribution in [0.4, 0.5) is 10.1 Å². The lowest BCUT2D eigenvalue weighted by Crippen LogP contribution is -2.12. The number of aromatic nitrogens is 4. The zero-order chi connectivity index (χ0) is 21.1. The zero-order valence-corrected chi connectivity index (χ0v) is 16.5. The summed E-state index contributed by atoms with van der Waals surface area (Å²) in [4.78, 5) is 4.10. The van der Waals surface area contributed by atoms with Crippen molar-refractivity contribution in [1.29, 1.82) is 0 Å². The van der Waals surface area contributed by atoms with Gasteiger partial charge in [-0.3, -0.25) is 9.29 Å². The fourth-order valence-electron chi connectivity index (χ4n) is 2.66. The number of halogens is 1. The molecule has 0 bridgehead atoms. The largest absolute Gasteiger partial charge is 0.438 e. The Morgan fingerprint density at radius 3 is 2.30 bits per heavy atom. The van der Waals surface area contributed by atoms with Crippen molar-refractivity contribution in [3.8, 4) is 17.4 Å². The van der Waals surface area contributed by atoms with Crippen LogP contribution in [0, 0.1) is 12.7 Å². The van der Waals surface area contributed by atoms with Gasteiger partial charge in [0.1, 0.15) is 17.4 Å². The molecule has 0 radical (unpaired) electrons. The summed E-state index contributed by atoms with van der Waals surface area (Å²) in [5.74, 6) is 1.64. The van der Waals surface area contributed by atoms with Gasteiger partial charge < -0.3 is 4.74 Å². The molecule has 0 amide bonds. The van der Waals surface area contributed by atoms with Crippen LogP contribution >= 0.6 is 0 Å². The molecular formula is C20H16FN5O3S. The third-order valence-corrected chi connectivity index (χ3v) is 5.55. The Hall–Kier alpha value is -3.79. The summed E-state index contributed by atoms with van der Waals surface area (Å²) in [6.45, 7) is 1.86. The number of sulfonamides is 1. The zero-order valence-electron chi connectivity index (χ0n) is 15.7. The van der Waals surface area contributed by atoms with E-state index in [1.807, 2.05) is 6.92 Å². The second-order valence-electron chi connectivity index (χ2n) is 6.26. The van der Waals surface area contributed by atoms with Gasteiger partial charge in [-0.15, -0.1) is 10.2 Å². The molecule has 0 aliphatic heterocycles. The van der Waals surface area contributed by atoms with E-state index >= 15 is 0 Å². The molecule has 0 atom stereocenters. The molecule has 1 N–H and O–H groups in total. The number of rotatable bonds is 6. The van der Waals surface area contributed by atoms with E-state index in [-0.39, 0.29) is 10.8 Å². The van der Waals surface area contributed by atoms with Crippen LogP contribution < -0.4 is 9.46 Å². The van der Waals surface area contributed by atoms with Gasteiger partial charge in [-0.2, -0.15) is 0 Å². The van der Waals surface area contributed by atoms with Crippen LogP contribution in [0.25, 0.3) is 5.82 Å². The van der Waals surface area contributed by atoms with Crippen LogP contribution in [-0.4, -0.2) is 28.2 Å². The molecule has 8 nitrogen and oxygen atoms in total. The molecule has 0 saturated carbocycles. The van der Waals surface area contributed by atoms with Crippen LogP contribution in [0.5, 0.6) is 11.6 Å². The smallest absolute Gasteiger partial charge is 0.261 e. The standard InChI is InChI=1S/C20H16FN5O3S/c1-14-22-12-13-26(14)19-10-11-20(24-23-19)29-17-6-4-16(5-7-17)25-30(27,28)18-8-2-15(21)3-9-18/h2-13,25H,1H3. The maximum atomic E-state index is 13.0. The molecule has 2 aromatic heterocycles. The number of nitrogens with one attached hydrogen (secondary N) is 1. The van der Waals surface area contributed by atoms with Crippen LogP contribution in [0.1, 0.15) is 5.82 Å². The SMILES string of the molecule is Cc1nccn1-c1ccc(Oc2ccc(NS(=O)(=O)c3ccc(F)cc3)cc2)nn1. The topological polar surface area (TPSA) is 99.0 Å². The van der Waals surface area contributed by atoms with Crippen molar-refractivity contribution in [1.82, 2.24) is 19.7 Å². The second-order valence-corrected chi connectivity index (χ2v) is 7.94. The summed E-state index contributed by atoms with van der Waals surface area (Å²) in [7, 11) is -3.82. The van der Waals surface area contributed by atoms with Gasteiger partial charge >= 0.3 is 0 Å². The van der Waals surface area contributed by atoms with Gasteiger partial charge in [0.05, 0.1) is 4.90 Å². The first kappa shape index (κ1) is 19.5. The average molecular weight is 425 g/mol. The van der Waals surface area contributed by atoms with Crippen molar-refractivity contribution in [3.05, 3.63) is 84.7 Å². The fourth-order valence-corrected chi connectivity index (χ4v) is 3.71. The number of ether oxygens (including phenoxy) is 1. The highest BCUT2D eigenvalue weighted by atomic mass is 32.2. The van der Waals surface area contributed by atoms with Gasteiger partial charge in [0.2, 0.25) is 5.88 Å². The average Bonchev–Trinajstić information content (AvgIpc) is 3.16. The molecule has 0 spiro atoms. The summed E-state index contributed by atoms with van der Waals surface area (Å²) in [6, 6.07) is 14.3. The molecule has 0 saturated heterocycles. The highest BCUT2D eigenvalue weighted by molar-refractivity contribution is 7.92. The first-order valence-electron chi connectivity index (χ1n) is 8.81. The number of hydrogen-bond donors (Lipinski definition) is 1. The van der Waals surface area contributed by atoms with E-state index in [0.717, 1.165) is 18.0 Å². The summed E-state index contributed by atoms with van der Waals surface area (Å²) < 4.78 is 47.6. The Bertz CT molecular complexity index is 1260. The molecule has 4 aromatic rings. The van der Waals surface area contributed by atoms with E-state index in [0.29, 0.717) is 17.3 Å². The Morgan fingerprint density at radius 2 is 1.70 bits per heavy atom. The van der Waals surface area contributed by atoms with Gasteiger partial charge in [0, 0.05) is 24.1 Å². The number of benzene rings is 2. The van der Waals surface area contributed by atoms with Crippen molar-refractivity contribution < 1.29 is 17.5 Å². The predicted octanol–water partition coefficient (Wildman–Crippen LogP) is 3.70. The van der Waals surface area contributed by atoms with Gasteiger partial charge in [-0.25, -0.2) is 17.8 Å². The normalized spacial score (nSPS) is 11.3. The number of nitrogens with zero attached hydrogens (tertiary/aromatic N) is 4. The first-order valence-corrected chi connectivity index (χ1v) is 10.3. The van der Waals surface area contributed by atoms with E-state index in [2.05, 4.69) is 19.9 Å². The Balaban J connectivity index is 1.43. The summed E-state index contributed by atoms with van der Waals surface area (Å²) >= 11 is 0. The molecule has 4 rings (SSSR count). The van der Waals surface area contributed by atoms with E-state index in [9.17, 15) is 12.8 Å². The van der Waals surface area contributed by atoms with Crippen molar-refractivity contribution in [3.63, 3.8) is 0 Å². The molecule has 0 unspecified atom stereocenters. The maximum absolute atomic E-state index is 13.0. The van der Waals surface area contributed by atoms with Crippen molar-refractivity contribution in [2.24, 2.45) is 0 Å². The van der Waals surface area contributed by atoms with Crippen LogP contribution in [0.3, 0.4) is 0 Å². The number of anilines is 1. The minimum atomic E-state index is -3.82. The first-order chi connectivity index (χ1) is 14.4. The minimum absolute atomic E-state index is 0.0345. The molecule has 10 heteroatoms. The van der Waals surface area contributed by atoms with E-state index in [1.54, 1.807) is 53.4 Å². The lowest BCUT2D eigenvalue weighted by Gasteiger charge is -2.09. The van der Waals surface area contributed by atoms with Gasteiger partial charge in [0.15, 0.2) is 5.82 Å². The van der Waals surface area contributed by atoms with E-state index in [4.69, 9.17) is 4.74 Å². The highest BCUT2D eigenvalue weighted by Gasteiger charge is 2.14. The van der Waals surface area contributed by atoms with Crippen molar-refractivity contribution in [2.45, 2.75) is 11.8 Å². The highest BCUT2D eigenvalue weighted by Crippen LogP contribution is 2.23. The molecule has 152 valence electrons. The molecule has 30 heavy (non-hydrogen) atoms. The van der Waals surface area contributed by atoms with Crippen LogP contribution in [0.15, 0.2) is 78.0 Å². The predicted molar refractivity (Wildman–Crippen MR) is 108 cm³/mol. The maximum Gasteiger partial charge on any atom is 0.261 e. The second kappa shape index (κ2) is 7.91.